The molecule has 266 valence electrons. The molecule has 0 amide bonds. The molecule has 0 unspecified atom stereocenters. The van der Waals surface area contributed by atoms with Gasteiger partial charge in [0, 0.05) is 44.6 Å². The molecule has 5 nitrogen and oxygen atoms in total. The van der Waals surface area contributed by atoms with Gasteiger partial charge in [-0.1, -0.05) is 103 Å². The maximum Gasteiger partial charge on any atom is 0.165 e. The zero-order valence-electron chi connectivity index (χ0n) is 30.6. The molecule has 4 aromatic heterocycles. The van der Waals surface area contributed by atoms with E-state index in [9.17, 15) is 0 Å². The molecule has 0 spiro atoms. The van der Waals surface area contributed by atoms with Crippen LogP contribution in [0.15, 0.2) is 197 Å². The van der Waals surface area contributed by atoms with Gasteiger partial charge in [-0.15, -0.1) is 0 Å². The summed E-state index contributed by atoms with van der Waals surface area (Å²) in [6, 6.07) is 63.8. The van der Waals surface area contributed by atoms with Crippen molar-refractivity contribution in [1.82, 2.24) is 14.5 Å². The Balaban J connectivity index is 1.13. The summed E-state index contributed by atoms with van der Waals surface area (Å²) in [5, 5.41) is 6.76. The van der Waals surface area contributed by atoms with Gasteiger partial charge in [-0.3, -0.25) is 4.57 Å². The fourth-order valence-electron chi connectivity index (χ4n) is 8.48. The summed E-state index contributed by atoms with van der Waals surface area (Å²) >= 11 is 0. The predicted octanol–water partition coefficient (Wildman–Crippen LogP) is 14.0. The van der Waals surface area contributed by atoms with Gasteiger partial charge >= 0.3 is 0 Å². The molecule has 0 aliphatic heterocycles. The van der Waals surface area contributed by atoms with E-state index in [4.69, 9.17) is 18.8 Å². The topological polar surface area (TPSA) is 57.0 Å². The Kier molecular flexibility index (Phi) is 6.86. The molecule has 0 atom stereocenters. The Labute approximate surface area is 326 Å². The molecule has 0 saturated carbocycles. The van der Waals surface area contributed by atoms with Crippen LogP contribution in [0.25, 0.3) is 116 Å². The van der Waals surface area contributed by atoms with Gasteiger partial charge in [0.05, 0.1) is 0 Å². The van der Waals surface area contributed by atoms with Gasteiger partial charge < -0.3 is 8.83 Å². The maximum atomic E-state index is 6.24. The highest BCUT2D eigenvalue weighted by atomic mass is 16.3. The summed E-state index contributed by atoms with van der Waals surface area (Å²) < 4.78 is 14.7. The molecule has 12 aromatic rings. The van der Waals surface area contributed by atoms with Gasteiger partial charge in [-0.2, -0.15) is 0 Å². The number of hydrogen-bond acceptors (Lipinski definition) is 4. The molecule has 0 bridgehead atoms. The average Bonchev–Trinajstić information content (AvgIpc) is 3.97. The van der Waals surface area contributed by atoms with E-state index in [1.54, 1.807) is 0 Å². The van der Waals surface area contributed by atoms with E-state index in [1.807, 2.05) is 36.5 Å². The highest BCUT2D eigenvalue weighted by Crippen LogP contribution is 2.40. The number of rotatable bonds is 5. The molecule has 0 saturated heterocycles. The lowest BCUT2D eigenvalue weighted by Crippen LogP contribution is -1.99. The van der Waals surface area contributed by atoms with Crippen molar-refractivity contribution in [3.8, 4) is 50.5 Å². The second kappa shape index (κ2) is 12.4. The van der Waals surface area contributed by atoms with E-state index in [-0.39, 0.29) is 0 Å². The molecular formula is C52H31N3O2. The summed E-state index contributed by atoms with van der Waals surface area (Å²) in [4.78, 5) is 10.5. The van der Waals surface area contributed by atoms with Crippen molar-refractivity contribution in [2.24, 2.45) is 0 Å². The van der Waals surface area contributed by atoms with Gasteiger partial charge in [0.2, 0.25) is 0 Å². The number of hydrogen-bond donors (Lipinski definition) is 0. The van der Waals surface area contributed by atoms with Gasteiger partial charge in [0.1, 0.15) is 33.7 Å². The molecular weight excluding hydrogens is 699 g/mol. The summed E-state index contributed by atoms with van der Waals surface area (Å²) in [6.07, 6.45) is 1.90. The third kappa shape index (κ3) is 5.10. The van der Waals surface area contributed by atoms with Crippen molar-refractivity contribution in [2.45, 2.75) is 0 Å². The first-order valence-electron chi connectivity index (χ1n) is 19.1. The number of aromatic nitrogens is 3. The molecule has 0 aliphatic rings. The second-order valence-electron chi connectivity index (χ2n) is 14.6. The molecule has 12 rings (SSSR count). The quantitative estimate of drug-likeness (QED) is 0.177. The lowest BCUT2D eigenvalue weighted by molar-refractivity contribution is 0.668. The second-order valence-corrected chi connectivity index (χ2v) is 14.6. The molecule has 0 fully saturated rings. The van der Waals surface area contributed by atoms with E-state index in [1.165, 1.54) is 10.8 Å². The molecule has 0 aliphatic carbocycles. The predicted molar refractivity (Wildman–Crippen MR) is 233 cm³/mol. The molecule has 4 heterocycles. The number of imidazole rings is 1. The zero-order valence-corrected chi connectivity index (χ0v) is 30.6. The van der Waals surface area contributed by atoms with Crippen LogP contribution >= 0.6 is 0 Å². The number of furan rings is 2. The van der Waals surface area contributed by atoms with Crippen molar-refractivity contribution >= 4 is 65.8 Å². The number of para-hydroxylation sites is 3. The van der Waals surface area contributed by atoms with Crippen molar-refractivity contribution < 1.29 is 8.83 Å². The minimum Gasteiger partial charge on any atom is -0.456 e. The van der Waals surface area contributed by atoms with Crippen molar-refractivity contribution in [3.05, 3.63) is 188 Å². The summed E-state index contributed by atoms with van der Waals surface area (Å²) in [5.74, 6) is 0.810. The van der Waals surface area contributed by atoms with E-state index in [2.05, 4.69) is 156 Å². The first kappa shape index (κ1) is 31.6. The largest absolute Gasteiger partial charge is 0.456 e. The molecule has 0 radical (unpaired) electrons. The Morgan fingerprint density at radius 2 is 0.947 bits per heavy atom. The first-order valence-corrected chi connectivity index (χ1v) is 19.1. The third-order valence-corrected chi connectivity index (χ3v) is 11.2. The average molecular weight is 730 g/mol. The van der Waals surface area contributed by atoms with Crippen LogP contribution in [0.5, 0.6) is 0 Å². The molecule has 0 N–H and O–H groups in total. The SMILES string of the molecule is c1ccc(-n2c(-c3cc(-c4ccc5oc6ccccc6c5c4)cc(-c4ccc5oc6ccccc6c5c4)c3)nc3c(-c4ccc5ccccc5c4)ccnc32)cc1. The van der Waals surface area contributed by atoms with Gasteiger partial charge in [0.25, 0.3) is 0 Å². The number of pyridine rings is 1. The third-order valence-electron chi connectivity index (χ3n) is 11.2. The van der Waals surface area contributed by atoms with Crippen LogP contribution in [-0.4, -0.2) is 14.5 Å². The van der Waals surface area contributed by atoms with Crippen molar-refractivity contribution in [2.75, 3.05) is 0 Å². The lowest BCUT2D eigenvalue weighted by atomic mass is 9.94. The van der Waals surface area contributed by atoms with E-state index >= 15 is 0 Å². The Bertz CT molecular complexity index is 3400. The van der Waals surface area contributed by atoms with Gasteiger partial charge in [-0.25, -0.2) is 9.97 Å². The summed E-state index contributed by atoms with van der Waals surface area (Å²) in [7, 11) is 0. The Hall–Kier alpha value is -7.76. The molecule has 8 aromatic carbocycles. The lowest BCUT2D eigenvalue weighted by Gasteiger charge is -2.13. The van der Waals surface area contributed by atoms with Crippen LogP contribution in [0.2, 0.25) is 0 Å². The van der Waals surface area contributed by atoms with Crippen molar-refractivity contribution in [1.29, 1.82) is 0 Å². The number of nitrogens with zero attached hydrogens (tertiary/aromatic N) is 3. The maximum absolute atomic E-state index is 6.24. The fourth-order valence-corrected chi connectivity index (χ4v) is 8.48. The van der Waals surface area contributed by atoms with Crippen LogP contribution in [0, 0.1) is 0 Å². The minimum absolute atomic E-state index is 0.798. The summed E-state index contributed by atoms with van der Waals surface area (Å²) in [6.45, 7) is 0. The number of fused-ring (bicyclic) bond motifs is 8. The first-order chi connectivity index (χ1) is 28.2. The molecule has 57 heavy (non-hydrogen) atoms. The standard InChI is InChI=1S/C52H31N3O2/c1-2-12-40(13-3-1)55-51(54-50-41(24-25-53-52(50)55)36-19-18-32-10-4-5-11-33(32)26-36)39-28-37(34-20-22-48-44(30-34)42-14-6-8-16-46(42)56-48)27-38(29-39)35-21-23-49-45(31-35)43-15-7-9-17-47(43)57-49/h1-31H. The van der Waals surface area contributed by atoms with Crippen LogP contribution in [0.1, 0.15) is 0 Å². The minimum atomic E-state index is 0.798. The fraction of sp³-hybridized carbons (Fsp3) is 0. The van der Waals surface area contributed by atoms with Crippen LogP contribution in [0.4, 0.5) is 0 Å². The highest BCUT2D eigenvalue weighted by Gasteiger charge is 2.21. The normalized spacial score (nSPS) is 11.9. The van der Waals surface area contributed by atoms with Crippen molar-refractivity contribution in [3.63, 3.8) is 0 Å². The zero-order chi connectivity index (χ0) is 37.5. The van der Waals surface area contributed by atoms with E-state index in [0.717, 1.165) is 105 Å². The monoisotopic (exact) mass is 729 g/mol. The Morgan fingerprint density at radius 3 is 1.63 bits per heavy atom. The van der Waals surface area contributed by atoms with Crippen LogP contribution in [0.3, 0.4) is 0 Å². The summed E-state index contributed by atoms with van der Waals surface area (Å²) in [5.41, 5.74) is 13.5. The van der Waals surface area contributed by atoms with Gasteiger partial charge in [0.15, 0.2) is 5.65 Å². The van der Waals surface area contributed by atoms with E-state index < -0.39 is 0 Å². The Morgan fingerprint density at radius 1 is 0.386 bits per heavy atom. The van der Waals surface area contributed by atoms with Gasteiger partial charge in [-0.05, 0) is 117 Å². The van der Waals surface area contributed by atoms with E-state index in [0.29, 0.717) is 0 Å². The number of benzene rings is 8. The highest BCUT2D eigenvalue weighted by molar-refractivity contribution is 6.08. The van der Waals surface area contributed by atoms with Crippen LogP contribution in [-0.2, 0) is 0 Å². The smallest absolute Gasteiger partial charge is 0.165 e. The van der Waals surface area contributed by atoms with Crippen LogP contribution < -0.4 is 0 Å². The molecule has 5 heteroatoms.